The third-order valence-electron chi connectivity index (χ3n) is 4.81. The molecule has 0 saturated carbocycles. The van der Waals surface area contributed by atoms with E-state index >= 15 is 0 Å². The van der Waals surface area contributed by atoms with Crippen LogP contribution in [0.2, 0.25) is 0 Å². The summed E-state index contributed by atoms with van der Waals surface area (Å²) in [5.41, 5.74) is 0.845. The quantitative estimate of drug-likeness (QED) is 0.656. The number of rotatable bonds is 5. The first-order valence-corrected chi connectivity index (χ1v) is 9.75. The Bertz CT molecular complexity index is 986. The monoisotopic (exact) mass is 389 g/mol. The van der Waals surface area contributed by atoms with Gasteiger partial charge in [-0.3, -0.25) is 4.79 Å². The number of piperidine rings is 1. The summed E-state index contributed by atoms with van der Waals surface area (Å²) in [5.74, 6) is 2.64. The van der Waals surface area contributed by atoms with Gasteiger partial charge in [-0.05, 0) is 56.5 Å². The third kappa shape index (κ3) is 4.68. The van der Waals surface area contributed by atoms with Crippen molar-refractivity contribution in [3.05, 3.63) is 72.2 Å². The number of amides is 1. The molecule has 3 aromatic heterocycles. The lowest BCUT2D eigenvalue weighted by Crippen LogP contribution is -2.38. The number of hydrogen-bond acceptors (Lipinski definition) is 6. The first kappa shape index (κ1) is 18.9. The number of carbonyl (C=O) groups is 1. The topological polar surface area (TPSA) is 84.2 Å². The zero-order chi connectivity index (χ0) is 20.1. The highest BCUT2D eigenvalue weighted by molar-refractivity contribution is 5.91. The molecule has 1 atom stereocenters. The van der Waals surface area contributed by atoms with Crippen LogP contribution in [0.3, 0.4) is 0 Å². The highest BCUT2D eigenvalue weighted by Crippen LogP contribution is 2.30. The van der Waals surface area contributed by atoms with Crippen molar-refractivity contribution in [2.75, 3.05) is 11.9 Å². The van der Waals surface area contributed by atoms with Crippen LogP contribution in [-0.4, -0.2) is 32.3 Å². The van der Waals surface area contributed by atoms with Crippen LogP contribution in [-0.2, 0) is 4.79 Å². The van der Waals surface area contributed by atoms with Crippen molar-refractivity contribution in [3.8, 4) is 0 Å². The van der Waals surface area contributed by atoms with E-state index in [1.807, 2.05) is 42.2 Å². The minimum Gasteiger partial charge on any atom is -0.465 e. The summed E-state index contributed by atoms with van der Waals surface area (Å²) in [5, 5.41) is 3.22. The van der Waals surface area contributed by atoms with Crippen molar-refractivity contribution >= 4 is 23.6 Å². The molecule has 1 N–H and O–H groups in total. The molecule has 3 aromatic rings. The number of hydrogen-bond donors (Lipinski definition) is 1. The van der Waals surface area contributed by atoms with Crippen molar-refractivity contribution in [1.29, 1.82) is 0 Å². The van der Waals surface area contributed by atoms with Gasteiger partial charge in [-0.1, -0.05) is 6.07 Å². The molecule has 0 aromatic carbocycles. The van der Waals surface area contributed by atoms with Crippen LogP contribution in [0.5, 0.6) is 0 Å². The van der Waals surface area contributed by atoms with E-state index in [0.29, 0.717) is 23.9 Å². The Hall–Kier alpha value is -3.48. The number of aryl methyl sites for hydroxylation is 1. The molecule has 148 valence electrons. The van der Waals surface area contributed by atoms with E-state index in [-0.39, 0.29) is 11.9 Å². The summed E-state index contributed by atoms with van der Waals surface area (Å²) in [6.07, 6.45) is 9.42. The minimum atomic E-state index is -0.151. The fourth-order valence-corrected chi connectivity index (χ4v) is 3.47. The van der Waals surface area contributed by atoms with Crippen molar-refractivity contribution in [1.82, 2.24) is 19.9 Å². The number of likely N-dealkylation sites (tertiary alicyclic amines) is 1. The normalized spacial score (nSPS) is 16.9. The average Bonchev–Trinajstić information content (AvgIpc) is 3.26. The Morgan fingerprint density at radius 3 is 2.93 bits per heavy atom. The molecule has 1 aliphatic rings. The van der Waals surface area contributed by atoms with E-state index in [1.165, 1.54) is 0 Å². The van der Waals surface area contributed by atoms with Gasteiger partial charge in [-0.25, -0.2) is 15.0 Å². The second kappa shape index (κ2) is 8.68. The van der Waals surface area contributed by atoms with Crippen LogP contribution >= 0.6 is 0 Å². The van der Waals surface area contributed by atoms with Crippen molar-refractivity contribution < 1.29 is 9.21 Å². The highest BCUT2D eigenvalue weighted by Gasteiger charge is 2.29. The second-order valence-corrected chi connectivity index (χ2v) is 6.98. The lowest BCUT2D eigenvalue weighted by molar-refractivity contribution is -0.129. The molecule has 1 fully saturated rings. The highest BCUT2D eigenvalue weighted by atomic mass is 16.3. The summed E-state index contributed by atoms with van der Waals surface area (Å²) in [4.78, 5) is 28.3. The average molecular weight is 389 g/mol. The number of nitrogens with zero attached hydrogens (tertiary/aromatic N) is 4. The maximum Gasteiger partial charge on any atom is 0.247 e. The van der Waals surface area contributed by atoms with E-state index in [2.05, 4.69) is 15.3 Å². The molecule has 1 aliphatic heterocycles. The van der Waals surface area contributed by atoms with Gasteiger partial charge < -0.3 is 14.6 Å². The Morgan fingerprint density at radius 1 is 1.21 bits per heavy atom. The first-order valence-electron chi connectivity index (χ1n) is 9.75. The molecule has 4 rings (SSSR count). The van der Waals surface area contributed by atoms with Gasteiger partial charge in [0.2, 0.25) is 5.91 Å². The third-order valence-corrected chi connectivity index (χ3v) is 4.81. The Labute approximate surface area is 169 Å². The number of pyridine rings is 1. The van der Waals surface area contributed by atoms with Gasteiger partial charge in [0.1, 0.15) is 17.4 Å². The zero-order valence-electron chi connectivity index (χ0n) is 16.3. The summed E-state index contributed by atoms with van der Waals surface area (Å²) < 4.78 is 5.27. The Morgan fingerprint density at radius 2 is 2.14 bits per heavy atom. The molecular formula is C22H23N5O2. The molecule has 29 heavy (non-hydrogen) atoms. The SMILES string of the molecule is Cc1cc(Nc2ccccn2)nc([C@H]2CCCCN2C(=O)/C=C/c2ccco2)n1. The predicted octanol–water partition coefficient (Wildman–Crippen LogP) is 4.28. The summed E-state index contributed by atoms with van der Waals surface area (Å²) in [6, 6.07) is 11.0. The molecule has 0 spiro atoms. The maximum atomic E-state index is 12.9. The maximum absolute atomic E-state index is 12.9. The molecular weight excluding hydrogens is 366 g/mol. The van der Waals surface area contributed by atoms with Crippen LogP contribution in [0.15, 0.2) is 59.4 Å². The van der Waals surface area contributed by atoms with E-state index in [4.69, 9.17) is 9.40 Å². The first-order chi connectivity index (χ1) is 14.2. The smallest absolute Gasteiger partial charge is 0.247 e. The Balaban J connectivity index is 1.57. The standard InChI is InChI=1S/C22H23N5O2/c1-16-15-20(25-19-9-2-4-12-23-19)26-22(24-16)18-8-3-5-13-27(18)21(28)11-10-17-7-6-14-29-17/h2,4,6-7,9-12,14-15,18H,3,5,8,13H2,1H3,(H,23,24,25,26)/b11-10+/t18-/m1/s1. The van der Waals surface area contributed by atoms with Crippen LogP contribution in [0.1, 0.15) is 42.6 Å². The van der Waals surface area contributed by atoms with Gasteiger partial charge in [-0.2, -0.15) is 0 Å². The number of furan rings is 1. The van der Waals surface area contributed by atoms with E-state index in [1.54, 1.807) is 30.7 Å². The van der Waals surface area contributed by atoms with Gasteiger partial charge in [0.15, 0.2) is 5.82 Å². The fraction of sp³-hybridized carbons (Fsp3) is 0.273. The molecule has 1 saturated heterocycles. The zero-order valence-corrected chi connectivity index (χ0v) is 16.3. The lowest BCUT2D eigenvalue weighted by atomic mass is 10.0. The van der Waals surface area contributed by atoms with E-state index < -0.39 is 0 Å². The molecule has 1 amide bonds. The summed E-state index contributed by atoms with van der Waals surface area (Å²) >= 11 is 0. The van der Waals surface area contributed by atoms with Crippen molar-refractivity contribution in [3.63, 3.8) is 0 Å². The van der Waals surface area contributed by atoms with Crippen LogP contribution < -0.4 is 5.32 Å². The van der Waals surface area contributed by atoms with E-state index in [9.17, 15) is 4.79 Å². The number of carbonyl (C=O) groups excluding carboxylic acids is 1. The van der Waals surface area contributed by atoms with Crippen molar-refractivity contribution in [2.45, 2.75) is 32.2 Å². The number of nitrogens with one attached hydrogen (secondary N) is 1. The fourth-order valence-electron chi connectivity index (χ4n) is 3.47. The van der Waals surface area contributed by atoms with E-state index in [0.717, 1.165) is 30.8 Å². The Kier molecular flexibility index (Phi) is 5.65. The molecule has 0 radical (unpaired) electrons. The van der Waals surface area contributed by atoms with Crippen LogP contribution in [0.25, 0.3) is 6.08 Å². The molecule has 0 bridgehead atoms. The largest absolute Gasteiger partial charge is 0.465 e. The number of anilines is 2. The second-order valence-electron chi connectivity index (χ2n) is 6.98. The molecule has 7 nitrogen and oxygen atoms in total. The lowest BCUT2D eigenvalue weighted by Gasteiger charge is -2.34. The molecule has 0 unspecified atom stereocenters. The van der Waals surface area contributed by atoms with Gasteiger partial charge in [0.05, 0.1) is 12.3 Å². The van der Waals surface area contributed by atoms with Crippen LogP contribution in [0.4, 0.5) is 11.6 Å². The van der Waals surface area contributed by atoms with Gasteiger partial charge in [-0.15, -0.1) is 0 Å². The molecule has 0 aliphatic carbocycles. The minimum absolute atomic E-state index is 0.0598. The van der Waals surface area contributed by atoms with Gasteiger partial charge in [0, 0.05) is 30.6 Å². The summed E-state index contributed by atoms with van der Waals surface area (Å²) in [7, 11) is 0. The summed E-state index contributed by atoms with van der Waals surface area (Å²) in [6.45, 7) is 2.62. The van der Waals surface area contributed by atoms with Crippen molar-refractivity contribution in [2.24, 2.45) is 0 Å². The molecule has 7 heteroatoms. The van der Waals surface area contributed by atoms with Gasteiger partial charge in [0.25, 0.3) is 0 Å². The predicted molar refractivity (Wildman–Crippen MR) is 110 cm³/mol. The van der Waals surface area contributed by atoms with Gasteiger partial charge >= 0.3 is 0 Å². The number of aromatic nitrogens is 3. The van der Waals surface area contributed by atoms with Crippen LogP contribution in [0, 0.1) is 6.92 Å². The molecule has 4 heterocycles.